The molecule has 0 radical (unpaired) electrons. The van der Waals surface area contributed by atoms with Crippen molar-refractivity contribution in [1.29, 1.82) is 0 Å². The van der Waals surface area contributed by atoms with Gasteiger partial charge in [0.05, 0.1) is 10.6 Å². The fraction of sp³-hybridized carbons (Fsp3) is 0.250. The summed E-state index contributed by atoms with van der Waals surface area (Å²) in [5.41, 5.74) is 10.1. The van der Waals surface area contributed by atoms with Gasteiger partial charge in [0.15, 0.2) is 0 Å². The summed E-state index contributed by atoms with van der Waals surface area (Å²) < 4.78 is 28.0. The van der Waals surface area contributed by atoms with Gasteiger partial charge in [-0.05, 0) is 56.5 Å². The minimum absolute atomic E-state index is 0.329. The first-order valence-electron chi connectivity index (χ1n) is 6.68. The number of nitrogens with two attached hydrogens (primary N) is 1. The van der Waals surface area contributed by atoms with Gasteiger partial charge >= 0.3 is 0 Å². The summed E-state index contributed by atoms with van der Waals surface area (Å²) in [6.07, 6.45) is 0. The summed E-state index contributed by atoms with van der Waals surface area (Å²) in [4.78, 5) is 0.329. The van der Waals surface area contributed by atoms with E-state index in [1.54, 1.807) is 39.0 Å². The number of anilines is 2. The lowest BCUT2D eigenvalue weighted by molar-refractivity contribution is 0.600. The third-order valence-corrected chi connectivity index (χ3v) is 5.16. The van der Waals surface area contributed by atoms with E-state index in [0.29, 0.717) is 16.3 Å². The predicted molar refractivity (Wildman–Crippen MR) is 87.1 cm³/mol. The van der Waals surface area contributed by atoms with Crippen molar-refractivity contribution in [2.75, 3.05) is 10.5 Å². The molecule has 0 spiro atoms. The van der Waals surface area contributed by atoms with Crippen LogP contribution < -0.4 is 10.5 Å². The summed E-state index contributed by atoms with van der Waals surface area (Å²) >= 11 is 0. The standard InChI is InChI=1S/C16H20N2O2S/c1-10-8-11(2)16(12(3)9-10)21(19,20)18-15-7-5-6-14(17)13(15)4/h5-9,18H,17H2,1-4H3. The van der Waals surface area contributed by atoms with Crippen LogP contribution in [-0.4, -0.2) is 8.42 Å². The fourth-order valence-electron chi connectivity index (χ4n) is 2.55. The number of hydrogen-bond acceptors (Lipinski definition) is 3. The van der Waals surface area contributed by atoms with Crippen molar-refractivity contribution >= 4 is 21.4 Å². The summed E-state index contributed by atoms with van der Waals surface area (Å²) in [6.45, 7) is 7.36. The summed E-state index contributed by atoms with van der Waals surface area (Å²) in [5, 5.41) is 0. The second kappa shape index (κ2) is 5.41. The molecule has 21 heavy (non-hydrogen) atoms. The second-order valence-electron chi connectivity index (χ2n) is 5.35. The van der Waals surface area contributed by atoms with Gasteiger partial charge in [0, 0.05) is 5.69 Å². The lowest BCUT2D eigenvalue weighted by Crippen LogP contribution is -2.17. The molecular formula is C16H20N2O2S. The van der Waals surface area contributed by atoms with Crippen LogP contribution in [0.5, 0.6) is 0 Å². The molecule has 0 aliphatic carbocycles. The minimum Gasteiger partial charge on any atom is -0.398 e. The van der Waals surface area contributed by atoms with E-state index in [4.69, 9.17) is 5.73 Å². The third kappa shape index (κ3) is 3.03. The van der Waals surface area contributed by atoms with Crippen LogP contribution in [0.2, 0.25) is 0 Å². The van der Waals surface area contributed by atoms with E-state index in [2.05, 4.69) is 4.72 Å². The van der Waals surface area contributed by atoms with Crippen LogP contribution in [0.25, 0.3) is 0 Å². The molecule has 0 heterocycles. The van der Waals surface area contributed by atoms with Gasteiger partial charge in [-0.1, -0.05) is 23.8 Å². The highest BCUT2D eigenvalue weighted by atomic mass is 32.2. The van der Waals surface area contributed by atoms with Crippen LogP contribution in [0, 0.1) is 27.7 Å². The maximum atomic E-state index is 12.7. The number of rotatable bonds is 3. The molecule has 0 aliphatic rings. The Morgan fingerprint density at radius 2 is 1.57 bits per heavy atom. The highest BCUT2D eigenvalue weighted by molar-refractivity contribution is 7.92. The Hall–Kier alpha value is -2.01. The summed E-state index contributed by atoms with van der Waals surface area (Å²) in [7, 11) is -3.64. The van der Waals surface area contributed by atoms with Crippen molar-refractivity contribution in [3.8, 4) is 0 Å². The van der Waals surface area contributed by atoms with Gasteiger partial charge in [-0.2, -0.15) is 0 Å². The van der Waals surface area contributed by atoms with Crippen molar-refractivity contribution in [2.45, 2.75) is 32.6 Å². The number of nitrogens with one attached hydrogen (secondary N) is 1. The molecule has 0 aromatic heterocycles. The Bertz CT molecular complexity index is 773. The monoisotopic (exact) mass is 304 g/mol. The summed E-state index contributed by atoms with van der Waals surface area (Å²) in [6, 6.07) is 8.92. The van der Waals surface area contributed by atoms with Crippen LogP contribution in [0.3, 0.4) is 0 Å². The maximum Gasteiger partial charge on any atom is 0.262 e. The predicted octanol–water partition coefficient (Wildman–Crippen LogP) is 3.30. The summed E-state index contributed by atoms with van der Waals surface area (Å²) in [5.74, 6) is 0. The average Bonchev–Trinajstić information content (AvgIpc) is 2.33. The molecule has 0 bridgehead atoms. The topological polar surface area (TPSA) is 72.2 Å². The Balaban J connectivity index is 2.51. The van der Waals surface area contributed by atoms with Crippen LogP contribution in [0.4, 0.5) is 11.4 Å². The van der Waals surface area contributed by atoms with Crippen molar-refractivity contribution < 1.29 is 8.42 Å². The third-order valence-electron chi connectivity index (χ3n) is 3.49. The van der Waals surface area contributed by atoms with E-state index in [1.165, 1.54) is 0 Å². The van der Waals surface area contributed by atoms with Crippen LogP contribution in [0.15, 0.2) is 35.2 Å². The number of nitrogen functional groups attached to an aromatic ring is 1. The van der Waals surface area contributed by atoms with E-state index in [1.807, 2.05) is 19.1 Å². The average molecular weight is 304 g/mol. The van der Waals surface area contributed by atoms with Gasteiger partial charge in [-0.15, -0.1) is 0 Å². The van der Waals surface area contributed by atoms with Gasteiger partial charge in [0.1, 0.15) is 0 Å². The number of hydrogen-bond donors (Lipinski definition) is 2. The van der Waals surface area contributed by atoms with Gasteiger partial charge in [-0.25, -0.2) is 8.42 Å². The largest absolute Gasteiger partial charge is 0.398 e. The van der Waals surface area contributed by atoms with Crippen molar-refractivity contribution in [1.82, 2.24) is 0 Å². The molecule has 0 fully saturated rings. The SMILES string of the molecule is Cc1cc(C)c(S(=O)(=O)Nc2cccc(N)c2C)c(C)c1. The lowest BCUT2D eigenvalue weighted by Gasteiger charge is -2.15. The lowest BCUT2D eigenvalue weighted by atomic mass is 10.1. The van der Waals surface area contributed by atoms with Gasteiger partial charge in [-0.3, -0.25) is 4.72 Å². The van der Waals surface area contributed by atoms with E-state index < -0.39 is 10.0 Å². The highest BCUT2D eigenvalue weighted by Crippen LogP contribution is 2.27. The van der Waals surface area contributed by atoms with E-state index in [9.17, 15) is 8.42 Å². The first kappa shape index (κ1) is 15.4. The van der Waals surface area contributed by atoms with E-state index >= 15 is 0 Å². The molecule has 5 heteroatoms. The highest BCUT2D eigenvalue weighted by Gasteiger charge is 2.20. The first-order chi connectivity index (χ1) is 9.72. The Kier molecular flexibility index (Phi) is 3.96. The van der Waals surface area contributed by atoms with Crippen LogP contribution in [-0.2, 0) is 10.0 Å². The zero-order valence-corrected chi connectivity index (χ0v) is 13.5. The molecule has 2 aromatic rings. The Morgan fingerprint density at radius 3 is 2.14 bits per heavy atom. The zero-order valence-electron chi connectivity index (χ0n) is 12.7. The van der Waals surface area contributed by atoms with Crippen molar-refractivity contribution in [3.05, 3.63) is 52.6 Å². The molecule has 2 aromatic carbocycles. The molecule has 0 amide bonds. The van der Waals surface area contributed by atoms with Gasteiger partial charge < -0.3 is 5.73 Å². The normalized spacial score (nSPS) is 11.4. The fourth-order valence-corrected chi connectivity index (χ4v) is 4.13. The molecule has 0 saturated heterocycles. The zero-order chi connectivity index (χ0) is 15.8. The molecular weight excluding hydrogens is 284 g/mol. The Morgan fingerprint density at radius 1 is 1.00 bits per heavy atom. The number of sulfonamides is 1. The second-order valence-corrected chi connectivity index (χ2v) is 6.97. The minimum atomic E-state index is -3.64. The van der Waals surface area contributed by atoms with Crippen LogP contribution in [0.1, 0.15) is 22.3 Å². The van der Waals surface area contributed by atoms with Crippen molar-refractivity contribution in [3.63, 3.8) is 0 Å². The molecule has 0 aliphatic heterocycles. The van der Waals surface area contributed by atoms with E-state index in [0.717, 1.165) is 22.3 Å². The quantitative estimate of drug-likeness (QED) is 0.855. The maximum absolute atomic E-state index is 12.7. The number of aryl methyl sites for hydroxylation is 3. The molecule has 0 atom stereocenters. The molecule has 0 saturated carbocycles. The van der Waals surface area contributed by atoms with Gasteiger partial charge in [0.25, 0.3) is 10.0 Å². The van der Waals surface area contributed by atoms with E-state index in [-0.39, 0.29) is 0 Å². The molecule has 2 rings (SSSR count). The Labute approximate surface area is 126 Å². The molecule has 112 valence electrons. The first-order valence-corrected chi connectivity index (χ1v) is 8.16. The van der Waals surface area contributed by atoms with Crippen LogP contribution >= 0.6 is 0 Å². The smallest absolute Gasteiger partial charge is 0.262 e. The molecule has 0 unspecified atom stereocenters. The van der Waals surface area contributed by atoms with Crippen molar-refractivity contribution in [2.24, 2.45) is 0 Å². The number of benzene rings is 2. The van der Waals surface area contributed by atoms with Gasteiger partial charge in [0.2, 0.25) is 0 Å². The molecule has 4 nitrogen and oxygen atoms in total. The molecule has 3 N–H and O–H groups in total.